The van der Waals surface area contributed by atoms with Crippen molar-refractivity contribution in [2.75, 3.05) is 12.4 Å². The zero-order valence-corrected chi connectivity index (χ0v) is 14.9. The van der Waals surface area contributed by atoms with E-state index in [9.17, 15) is 18.0 Å². The number of hydrogen-bond donors (Lipinski definition) is 1. The molecule has 0 spiro atoms. The van der Waals surface area contributed by atoms with Gasteiger partial charge in [0.1, 0.15) is 5.75 Å². The third kappa shape index (κ3) is 4.91. The number of halogens is 3. The first-order valence-electron chi connectivity index (χ1n) is 8.41. The highest BCUT2D eigenvalue weighted by Crippen LogP contribution is 2.30. The minimum absolute atomic E-state index is 0.0869. The van der Waals surface area contributed by atoms with Crippen LogP contribution in [0.15, 0.2) is 59.1 Å². The highest BCUT2D eigenvalue weighted by Gasteiger charge is 2.29. The Morgan fingerprint density at radius 3 is 2.39 bits per heavy atom. The van der Waals surface area contributed by atoms with Crippen LogP contribution in [0.2, 0.25) is 0 Å². The van der Waals surface area contributed by atoms with Gasteiger partial charge in [0.05, 0.1) is 18.9 Å². The second-order valence-corrected chi connectivity index (χ2v) is 5.97. The number of nitrogens with zero attached hydrogens (tertiary/aromatic N) is 1. The van der Waals surface area contributed by atoms with E-state index in [0.29, 0.717) is 17.3 Å². The van der Waals surface area contributed by atoms with E-state index in [0.717, 1.165) is 23.4 Å². The molecule has 1 amide bonds. The first kappa shape index (κ1) is 19.5. The molecule has 3 aromatic rings. The standard InChI is InChI=1S/C20H17F3N2O3/c1-27-16-8-2-13(3-9-16)17-12-24-19(28-17)11-10-18(26)25-15-6-4-14(5-7-15)20(21,22)23/h2-9,12H,10-11H2,1H3,(H,25,26). The van der Waals surface area contributed by atoms with Crippen LogP contribution in [-0.4, -0.2) is 18.0 Å². The zero-order valence-electron chi connectivity index (χ0n) is 14.9. The molecule has 0 atom stereocenters. The molecule has 0 saturated heterocycles. The summed E-state index contributed by atoms with van der Waals surface area (Å²) in [6.45, 7) is 0. The van der Waals surface area contributed by atoms with Gasteiger partial charge in [0, 0.05) is 24.1 Å². The number of alkyl halides is 3. The van der Waals surface area contributed by atoms with E-state index in [1.807, 2.05) is 12.1 Å². The maximum atomic E-state index is 12.5. The third-order valence-electron chi connectivity index (χ3n) is 3.99. The summed E-state index contributed by atoms with van der Waals surface area (Å²) in [5.41, 5.74) is 0.356. The molecule has 0 saturated carbocycles. The first-order chi connectivity index (χ1) is 13.3. The SMILES string of the molecule is COc1ccc(-c2cnc(CCC(=O)Nc3ccc(C(F)(F)F)cc3)o2)cc1. The summed E-state index contributed by atoms with van der Waals surface area (Å²) in [7, 11) is 1.58. The molecule has 3 rings (SSSR count). The summed E-state index contributed by atoms with van der Waals surface area (Å²) < 4.78 is 48.4. The van der Waals surface area contributed by atoms with E-state index in [4.69, 9.17) is 9.15 Å². The van der Waals surface area contributed by atoms with Crippen molar-refractivity contribution in [3.05, 3.63) is 66.2 Å². The van der Waals surface area contributed by atoms with Gasteiger partial charge in [-0.15, -0.1) is 0 Å². The normalized spacial score (nSPS) is 11.3. The molecule has 0 aliphatic carbocycles. The number of carbonyl (C=O) groups is 1. The number of aryl methyl sites for hydroxylation is 1. The molecule has 1 heterocycles. The van der Waals surface area contributed by atoms with Gasteiger partial charge < -0.3 is 14.5 Å². The molecule has 1 N–H and O–H groups in total. The molecule has 0 aliphatic rings. The number of benzene rings is 2. The predicted octanol–water partition coefficient (Wildman–Crippen LogP) is 4.94. The van der Waals surface area contributed by atoms with E-state index in [1.54, 1.807) is 25.4 Å². The van der Waals surface area contributed by atoms with Crippen LogP contribution in [0.5, 0.6) is 5.75 Å². The summed E-state index contributed by atoms with van der Waals surface area (Å²) in [6, 6.07) is 11.5. The van der Waals surface area contributed by atoms with E-state index in [-0.39, 0.29) is 18.7 Å². The largest absolute Gasteiger partial charge is 0.497 e. The van der Waals surface area contributed by atoms with Gasteiger partial charge in [0.2, 0.25) is 5.91 Å². The van der Waals surface area contributed by atoms with Crippen molar-refractivity contribution in [2.45, 2.75) is 19.0 Å². The van der Waals surface area contributed by atoms with Crippen LogP contribution < -0.4 is 10.1 Å². The maximum Gasteiger partial charge on any atom is 0.416 e. The topological polar surface area (TPSA) is 64.4 Å². The third-order valence-corrected chi connectivity index (χ3v) is 3.99. The highest BCUT2D eigenvalue weighted by molar-refractivity contribution is 5.90. The summed E-state index contributed by atoms with van der Waals surface area (Å²) in [4.78, 5) is 16.1. The highest BCUT2D eigenvalue weighted by atomic mass is 19.4. The van der Waals surface area contributed by atoms with Gasteiger partial charge in [-0.3, -0.25) is 4.79 Å². The molecule has 0 bridgehead atoms. The zero-order chi connectivity index (χ0) is 20.1. The quantitative estimate of drug-likeness (QED) is 0.648. The summed E-state index contributed by atoms with van der Waals surface area (Å²) in [5, 5.41) is 2.55. The first-order valence-corrected chi connectivity index (χ1v) is 8.41. The molecule has 2 aromatic carbocycles. The number of methoxy groups -OCH3 is 1. The van der Waals surface area contributed by atoms with Crippen LogP contribution in [0.4, 0.5) is 18.9 Å². The van der Waals surface area contributed by atoms with E-state index < -0.39 is 11.7 Å². The van der Waals surface area contributed by atoms with Crippen molar-refractivity contribution in [2.24, 2.45) is 0 Å². The molecule has 0 unspecified atom stereocenters. The number of rotatable bonds is 6. The number of oxazole rings is 1. The molecule has 146 valence electrons. The number of hydrogen-bond acceptors (Lipinski definition) is 4. The molecular formula is C20H17F3N2O3. The number of carbonyl (C=O) groups excluding carboxylic acids is 1. The van der Waals surface area contributed by atoms with E-state index in [2.05, 4.69) is 10.3 Å². The molecule has 1 aromatic heterocycles. The van der Waals surface area contributed by atoms with Gasteiger partial charge in [-0.05, 0) is 48.5 Å². The van der Waals surface area contributed by atoms with Gasteiger partial charge in [-0.25, -0.2) is 4.98 Å². The Morgan fingerprint density at radius 2 is 1.79 bits per heavy atom. The Morgan fingerprint density at radius 1 is 1.11 bits per heavy atom. The van der Waals surface area contributed by atoms with Crippen molar-refractivity contribution in [3.63, 3.8) is 0 Å². The summed E-state index contributed by atoms with van der Waals surface area (Å²) >= 11 is 0. The Bertz CT molecular complexity index is 933. The van der Waals surface area contributed by atoms with Crippen molar-refractivity contribution in [1.29, 1.82) is 0 Å². The number of nitrogens with one attached hydrogen (secondary N) is 1. The fourth-order valence-electron chi connectivity index (χ4n) is 2.50. The van der Waals surface area contributed by atoms with Crippen LogP contribution >= 0.6 is 0 Å². The minimum atomic E-state index is -4.41. The molecular weight excluding hydrogens is 373 g/mol. The van der Waals surface area contributed by atoms with E-state index >= 15 is 0 Å². The lowest BCUT2D eigenvalue weighted by Crippen LogP contribution is -2.13. The van der Waals surface area contributed by atoms with Crippen LogP contribution in [0.3, 0.4) is 0 Å². The number of amides is 1. The molecule has 0 aliphatic heterocycles. The Labute approximate surface area is 159 Å². The number of ether oxygens (including phenoxy) is 1. The Kier molecular flexibility index (Phi) is 5.67. The minimum Gasteiger partial charge on any atom is -0.497 e. The number of anilines is 1. The van der Waals surface area contributed by atoms with Crippen LogP contribution in [0.25, 0.3) is 11.3 Å². The van der Waals surface area contributed by atoms with Gasteiger partial charge >= 0.3 is 6.18 Å². The second-order valence-electron chi connectivity index (χ2n) is 5.97. The molecule has 0 fully saturated rings. The van der Waals surface area contributed by atoms with Crippen LogP contribution in [0.1, 0.15) is 17.9 Å². The summed E-state index contributed by atoms with van der Waals surface area (Å²) in [5.74, 6) is 1.35. The molecule has 8 heteroatoms. The maximum absolute atomic E-state index is 12.5. The van der Waals surface area contributed by atoms with Crippen molar-refractivity contribution in [3.8, 4) is 17.1 Å². The monoisotopic (exact) mass is 390 g/mol. The van der Waals surface area contributed by atoms with Gasteiger partial charge in [0.15, 0.2) is 11.7 Å². The predicted molar refractivity (Wildman–Crippen MR) is 96.9 cm³/mol. The smallest absolute Gasteiger partial charge is 0.416 e. The van der Waals surface area contributed by atoms with Gasteiger partial charge in [-0.2, -0.15) is 13.2 Å². The lowest BCUT2D eigenvalue weighted by Gasteiger charge is -2.08. The van der Waals surface area contributed by atoms with Gasteiger partial charge in [0.25, 0.3) is 0 Å². The Balaban J connectivity index is 1.54. The molecule has 0 radical (unpaired) electrons. The van der Waals surface area contributed by atoms with E-state index in [1.165, 1.54) is 12.1 Å². The van der Waals surface area contributed by atoms with Crippen molar-refractivity contribution >= 4 is 11.6 Å². The van der Waals surface area contributed by atoms with Gasteiger partial charge in [-0.1, -0.05) is 0 Å². The summed E-state index contributed by atoms with van der Waals surface area (Å²) in [6.07, 6.45) is -2.48. The van der Waals surface area contributed by atoms with Crippen LogP contribution in [0, 0.1) is 0 Å². The fraction of sp³-hybridized carbons (Fsp3) is 0.200. The second kappa shape index (κ2) is 8.16. The fourth-order valence-corrected chi connectivity index (χ4v) is 2.50. The lowest BCUT2D eigenvalue weighted by atomic mass is 10.2. The average Bonchev–Trinajstić information content (AvgIpc) is 3.15. The molecule has 28 heavy (non-hydrogen) atoms. The lowest BCUT2D eigenvalue weighted by molar-refractivity contribution is -0.137. The van der Waals surface area contributed by atoms with Crippen LogP contribution in [-0.2, 0) is 17.4 Å². The van der Waals surface area contributed by atoms with Crippen molar-refractivity contribution in [1.82, 2.24) is 4.98 Å². The average molecular weight is 390 g/mol. The Hall–Kier alpha value is -3.29. The molecule has 5 nitrogen and oxygen atoms in total. The number of aromatic nitrogens is 1. The van der Waals surface area contributed by atoms with Crippen molar-refractivity contribution < 1.29 is 27.1 Å².